The summed E-state index contributed by atoms with van der Waals surface area (Å²) in [7, 11) is 0. The maximum atomic E-state index is 11.5. The van der Waals surface area contributed by atoms with Crippen molar-refractivity contribution < 1.29 is 14.7 Å². The molecule has 2 heterocycles. The number of carboxylic acids is 1. The van der Waals surface area contributed by atoms with Gasteiger partial charge in [0.2, 0.25) is 0 Å². The van der Waals surface area contributed by atoms with Crippen LogP contribution in [0.1, 0.15) is 19.3 Å². The third-order valence-corrected chi connectivity index (χ3v) is 3.45. The fourth-order valence-corrected chi connectivity index (χ4v) is 2.58. The van der Waals surface area contributed by atoms with E-state index in [-0.39, 0.29) is 18.5 Å². The van der Waals surface area contributed by atoms with Crippen molar-refractivity contribution in [1.29, 1.82) is 0 Å². The number of carbonyl (C=O) groups is 2. The van der Waals surface area contributed by atoms with Gasteiger partial charge in [0.25, 0.3) is 0 Å². The lowest BCUT2D eigenvalue weighted by atomic mass is 10.0. The second kappa shape index (κ2) is 5.35. The zero-order valence-corrected chi connectivity index (χ0v) is 9.89. The van der Waals surface area contributed by atoms with Crippen molar-refractivity contribution in [1.82, 2.24) is 15.1 Å². The highest BCUT2D eigenvalue weighted by molar-refractivity contribution is 5.76. The molecule has 0 saturated carbocycles. The van der Waals surface area contributed by atoms with Crippen molar-refractivity contribution >= 4 is 12.0 Å². The minimum absolute atomic E-state index is 0.0232. The number of likely N-dealkylation sites (tertiary alicyclic amines) is 1. The fourth-order valence-electron chi connectivity index (χ4n) is 2.58. The Labute approximate surface area is 101 Å². The summed E-state index contributed by atoms with van der Waals surface area (Å²) in [5.74, 6) is -0.758. The number of hydrogen-bond donors (Lipinski definition) is 2. The van der Waals surface area contributed by atoms with Gasteiger partial charge in [-0.3, -0.25) is 4.79 Å². The SMILES string of the molecule is O=C(O)CCN1CCC[C@H](N2CCNC2=O)C1. The number of nitrogens with one attached hydrogen (secondary N) is 1. The number of carbonyl (C=O) groups excluding carboxylic acids is 1. The standard InChI is InChI=1S/C11H19N3O3/c15-10(16)3-6-13-5-1-2-9(8-13)14-7-4-12-11(14)17/h9H,1-8H2,(H,12,17)(H,15,16)/t9-/m0/s1. The molecule has 0 aromatic rings. The maximum absolute atomic E-state index is 11.5. The van der Waals surface area contributed by atoms with E-state index in [1.54, 1.807) is 0 Å². The highest BCUT2D eigenvalue weighted by Crippen LogP contribution is 2.17. The van der Waals surface area contributed by atoms with Crippen LogP contribution in [-0.2, 0) is 4.79 Å². The zero-order valence-electron chi connectivity index (χ0n) is 9.89. The molecule has 2 aliphatic heterocycles. The number of hydrogen-bond acceptors (Lipinski definition) is 3. The van der Waals surface area contributed by atoms with Crippen LogP contribution < -0.4 is 5.32 Å². The second-order valence-electron chi connectivity index (χ2n) is 4.67. The molecule has 96 valence electrons. The summed E-state index contributed by atoms with van der Waals surface area (Å²) in [5, 5.41) is 11.5. The summed E-state index contributed by atoms with van der Waals surface area (Å²) in [6, 6.07) is 0.273. The lowest BCUT2D eigenvalue weighted by Crippen LogP contribution is -2.49. The van der Waals surface area contributed by atoms with Crippen molar-refractivity contribution in [3.05, 3.63) is 0 Å². The van der Waals surface area contributed by atoms with E-state index in [2.05, 4.69) is 10.2 Å². The van der Waals surface area contributed by atoms with Crippen molar-refractivity contribution in [3.63, 3.8) is 0 Å². The highest BCUT2D eigenvalue weighted by atomic mass is 16.4. The Bertz CT molecular complexity index is 308. The Balaban J connectivity index is 1.84. The molecule has 0 aromatic heterocycles. The van der Waals surface area contributed by atoms with E-state index in [0.29, 0.717) is 6.54 Å². The van der Waals surface area contributed by atoms with E-state index in [1.165, 1.54) is 0 Å². The van der Waals surface area contributed by atoms with Crippen LogP contribution >= 0.6 is 0 Å². The van der Waals surface area contributed by atoms with Gasteiger partial charge in [-0.05, 0) is 19.4 Å². The lowest BCUT2D eigenvalue weighted by molar-refractivity contribution is -0.137. The average Bonchev–Trinajstić information content (AvgIpc) is 2.73. The molecule has 0 aromatic carbocycles. The molecule has 0 unspecified atom stereocenters. The molecule has 1 atom stereocenters. The summed E-state index contributed by atoms with van der Waals surface area (Å²) in [6.07, 6.45) is 2.24. The maximum Gasteiger partial charge on any atom is 0.317 e. The van der Waals surface area contributed by atoms with Gasteiger partial charge in [-0.15, -0.1) is 0 Å². The average molecular weight is 241 g/mol. The number of urea groups is 1. The number of piperidine rings is 1. The van der Waals surface area contributed by atoms with Gasteiger partial charge >= 0.3 is 12.0 Å². The van der Waals surface area contributed by atoms with Gasteiger partial charge < -0.3 is 20.2 Å². The highest BCUT2D eigenvalue weighted by Gasteiger charge is 2.31. The summed E-state index contributed by atoms with van der Waals surface area (Å²) >= 11 is 0. The number of amides is 2. The second-order valence-corrected chi connectivity index (χ2v) is 4.67. The predicted molar refractivity (Wildman–Crippen MR) is 61.8 cm³/mol. The van der Waals surface area contributed by atoms with Crippen LogP contribution in [0.25, 0.3) is 0 Å². The largest absolute Gasteiger partial charge is 0.481 e. The van der Waals surface area contributed by atoms with Crippen molar-refractivity contribution in [2.45, 2.75) is 25.3 Å². The van der Waals surface area contributed by atoms with Gasteiger partial charge in [-0.1, -0.05) is 0 Å². The molecular weight excluding hydrogens is 222 g/mol. The third-order valence-electron chi connectivity index (χ3n) is 3.45. The Kier molecular flexibility index (Phi) is 3.83. The van der Waals surface area contributed by atoms with Crippen LogP contribution in [-0.4, -0.2) is 65.7 Å². The number of rotatable bonds is 4. The van der Waals surface area contributed by atoms with E-state index in [9.17, 15) is 9.59 Å². The van der Waals surface area contributed by atoms with E-state index in [4.69, 9.17) is 5.11 Å². The molecule has 0 bridgehead atoms. The lowest BCUT2D eigenvalue weighted by Gasteiger charge is -2.36. The van der Waals surface area contributed by atoms with Crippen LogP contribution in [0.5, 0.6) is 0 Å². The molecule has 2 fully saturated rings. The first kappa shape index (κ1) is 12.2. The Morgan fingerprint density at radius 1 is 1.47 bits per heavy atom. The van der Waals surface area contributed by atoms with Gasteiger partial charge in [-0.2, -0.15) is 0 Å². The van der Waals surface area contributed by atoms with Crippen molar-refractivity contribution in [2.75, 3.05) is 32.7 Å². The quantitative estimate of drug-likeness (QED) is 0.724. The number of aliphatic carboxylic acids is 1. The normalized spacial score (nSPS) is 26.0. The smallest absolute Gasteiger partial charge is 0.317 e. The molecule has 2 rings (SSSR count). The summed E-state index contributed by atoms with van der Waals surface area (Å²) in [4.78, 5) is 26.1. The topological polar surface area (TPSA) is 72.9 Å². The van der Waals surface area contributed by atoms with Crippen molar-refractivity contribution in [2.24, 2.45) is 0 Å². The van der Waals surface area contributed by atoms with E-state index < -0.39 is 5.97 Å². The van der Waals surface area contributed by atoms with Crippen LogP contribution in [0, 0.1) is 0 Å². The van der Waals surface area contributed by atoms with E-state index in [1.807, 2.05) is 4.90 Å². The molecule has 2 N–H and O–H groups in total. The van der Waals surface area contributed by atoms with Crippen molar-refractivity contribution in [3.8, 4) is 0 Å². The third kappa shape index (κ3) is 3.09. The van der Waals surface area contributed by atoms with Crippen LogP contribution in [0.4, 0.5) is 4.79 Å². The van der Waals surface area contributed by atoms with E-state index >= 15 is 0 Å². The van der Waals surface area contributed by atoms with Gasteiger partial charge in [0.1, 0.15) is 0 Å². The minimum atomic E-state index is -0.758. The van der Waals surface area contributed by atoms with E-state index in [0.717, 1.165) is 39.0 Å². The van der Waals surface area contributed by atoms with Crippen LogP contribution in [0.15, 0.2) is 0 Å². The van der Waals surface area contributed by atoms with Crippen LogP contribution in [0.2, 0.25) is 0 Å². The minimum Gasteiger partial charge on any atom is -0.481 e. The summed E-state index contributed by atoms with van der Waals surface area (Å²) < 4.78 is 0. The molecule has 17 heavy (non-hydrogen) atoms. The Morgan fingerprint density at radius 2 is 2.29 bits per heavy atom. The molecule has 2 saturated heterocycles. The molecule has 2 amide bonds. The summed E-state index contributed by atoms with van der Waals surface area (Å²) in [6.45, 7) is 3.84. The molecule has 6 heteroatoms. The zero-order chi connectivity index (χ0) is 12.3. The first-order valence-electron chi connectivity index (χ1n) is 6.15. The van der Waals surface area contributed by atoms with Gasteiger partial charge in [0, 0.05) is 32.2 Å². The van der Waals surface area contributed by atoms with Gasteiger partial charge in [-0.25, -0.2) is 4.79 Å². The number of nitrogens with zero attached hydrogens (tertiary/aromatic N) is 2. The first-order valence-corrected chi connectivity index (χ1v) is 6.15. The van der Waals surface area contributed by atoms with Gasteiger partial charge in [0.15, 0.2) is 0 Å². The monoisotopic (exact) mass is 241 g/mol. The first-order chi connectivity index (χ1) is 8.16. The predicted octanol–water partition coefficient (Wildman–Crippen LogP) is -0.0493. The fraction of sp³-hybridized carbons (Fsp3) is 0.818. The van der Waals surface area contributed by atoms with Crippen LogP contribution in [0.3, 0.4) is 0 Å². The molecule has 6 nitrogen and oxygen atoms in total. The molecular formula is C11H19N3O3. The number of carboxylic acid groups (broad SMARTS) is 1. The Morgan fingerprint density at radius 3 is 2.94 bits per heavy atom. The Hall–Kier alpha value is -1.30. The molecule has 0 spiro atoms. The molecule has 0 aliphatic carbocycles. The molecule has 0 radical (unpaired) electrons. The molecule has 2 aliphatic rings. The summed E-state index contributed by atoms with van der Waals surface area (Å²) in [5.41, 5.74) is 0. The van der Waals surface area contributed by atoms with Gasteiger partial charge in [0.05, 0.1) is 6.42 Å².